The molecule has 0 aromatic rings. The van der Waals surface area contributed by atoms with E-state index in [1.807, 2.05) is 6.92 Å². The number of aldehydes is 1. The first kappa shape index (κ1) is 39.8. The Balaban J connectivity index is 1.47. The van der Waals surface area contributed by atoms with E-state index >= 15 is 0 Å². The number of rotatable bonds is 22. The monoisotopic (exact) mass is 654 g/mol. The Labute approximate surface area is 263 Å². The first-order valence-electron chi connectivity index (χ1n) is 15.8. The molecule has 1 amide bonds. The van der Waals surface area contributed by atoms with Crippen molar-refractivity contribution in [2.24, 2.45) is 5.92 Å². The molecule has 2 aliphatic rings. The number of carbonyl (C=O) groups excluding carboxylic acids is 2. The van der Waals surface area contributed by atoms with Crippen LogP contribution >= 0.6 is 0 Å². The van der Waals surface area contributed by atoms with Crippen molar-refractivity contribution < 1.29 is 69.4 Å². The van der Waals surface area contributed by atoms with Gasteiger partial charge in [-0.05, 0) is 52.0 Å². The SMILES string of the molecule is C[C@@H](CCCCNCC(C=O)CCCOC1OC(CO)C(O)C(O)C1O)NC(=O)CCCCOC1OC(CO)C(O)C(O)C1O. The zero-order valence-corrected chi connectivity index (χ0v) is 25.9. The first-order valence-corrected chi connectivity index (χ1v) is 15.8. The third kappa shape index (κ3) is 13.3. The van der Waals surface area contributed by atoms with E-state index in [2.05, 4.69) is 10.6 Å². The second-order valence-corrected chi connectivity index (χ2v) is 11.8. The van der Waals surface area contributed by atoms with Crippen LogP contribution in [0, 0.1) is 5.92 Å². The summed E-state index contributed by atoms with van der Waals surface area (Å²) in [5.41, 5.74) is 0. The second kappa shape index (κ2) is 21.5. The molecule has 16 nitrogen and oxygen atoms in total. The summed E-state index contributed by atoms with van der Waals surface area (Å²) < 4.78 is 21.5. The van der Waals surface area contributed by atoms with E-state index in [1.165, 1.54) is 0 Å². The number of carbonyl (C=O) groups is 2. The lowest BCUT2D eigenvalue weighted by Crippen LogP contribution is -2.59. The number of nitrogens with one attached hydrogen (secondary N) is 2. The maximum Gasteiger partial charge on any atom is 0.220 e. The van der Waals surface area contributed by atoms with Crippen LogP contribution in [0.2, 0.25) is 0 Å². The molecular formula is C29H54N2O14. The molecule has 2 rings (SSSR count). The average Bonchev–Trinajstić information content (AvgIpc) is 3.03. The van der Waals surface area contributed by atoms with E-state index in [9.17, 15) is 50.4 Å². The highest BCUT2D eigenvalue weighted by Gasteiger charge is 2.45. The number of ether oxygens (including phenoxy) is 4. The van der Waals surface area contributed by atoms with Gasteiger partial charge in [0.15, 0.2) is 12.6 Å². The van der Waals surface area contributed by atoms with E-state index in [0.717, 1.165) is 25.5 Å². The van der Waals surface area contributed by atoms with Gasteiger partial charge in [-0.2, -0.15) is 0 Å². The Kier molecular flexibility index (Phi) is 19.0. The molecule has 2 fully saturated rings. The maximum absolute atomic E-state index is 12.2. The van der Waals surface area contributed by atoms with Crippen LogP contribution in [0.15, 0.2) is 0 Å². The fourth-order valence-electron chi connectivity index (χ4n) is 5.17. The Morgan fingerprint density at radius 2 is 1.31 bits per heavy atom. The Morgan fingerprint density at radius 1 is 0.756 bits per heavy atom. The minimum Gasteiger partial charge on any atom is -0.394 e. The quantitative estimate of drug-likeness (QED) is 0.0404. The molecule has 0 saturated carbocycles. The predicted octanol–water partition coefficient (Wildman–Crippen LogP) is -3.35. The summed E-state index contributed by atoms with van der Waals surface area (Å²) in [7, 11) is 0. The van der Waals surface area contributed by atoms with Gasteiger partial charge in [0, 0.05) is 38.1 Å². The second-order valence-electron chi connectivity index (χ2n) is 11.8. The highest BCUT2D eigenvalue weighted by atomic mass is 16.7. The van der Waals surface area contributed by atoms with Gasteiger partial charge in [0.25, 0.3) is 0 Å². The van der Waals surface area contributed by atoms with Gasteiger partial charge in [-0.25, -0.2) is 0 Å². The van der Waals surface area contributed by atoms with Crippen molar-refractivity contribution in [2.45, 2.75) is 126 Å². The van der Waals surface area contributed by atoms with E-state index in [0.29, 0.717) is 45.2 Å². The van der Waals surface area contributed by atoms with Crippen LogP contribution in [-0.4, -0.2) is 160 Å². The molecule has 0 aromatic heterocycles. The zero-order chi connectivity index (χ0) is 33.4. The zero-order valence-electron chi connectivity index (χ0n) is 25.9. The van der Waals surface area contributed by atoms with Crippen LogP contribution in [0.25, 0.3) is 0 Å². The highest BCUT2D eigenvalue weighted by Crippen LogP contribution is 2.23. The molecule has 10 N–H and O–H groups in total. The molecule has 264 valence electrons. The summed E-state index contributed by atoms with van der Waals surface area (Å²) in [6.07, 6.45) is -7.43. The molecule has 16 heteroatoms. The van der Waals surface area contributed by atoms with Crippen LogP contribution < -0.4 is 10.6 Å². The van der Waals surface area contributed by atoms with Crippen molar-refractivity contribution in [3.8, 4) is 0 Å². The van der Waals surface area contributed by atoms with Gasteiger partial charge in [0.2, 0.25) is 5.91 Å². The predicted molar refractivity (Wildman–Crippen MR) is 156 cm³/mol. The van der Waals surface area contributed by atoms with Crippen LogP contribution in [0.1, 0.15) is 58.3 Å². The van der Waals surface area contributed by atoms with Crippen LogP contribution in [0.5, 0.6) is 0 Å². The molecule has 0 radical (unpaired) electrons. The molecule has 2 saturated heterocycles. The van der Waals surface area contributed by atoms with Gasteiger partial charge in [-0.15, -0.1) is 0 Å². The van der Waals surface area contributed by atoms with E-state index in [-0.39, 0.29) is 31.1 Å². The molecule has 45 heavy (non-hydrogen) atoms. The molecule has 0 spiro atoms. The fourth-order valence-corrected chi connectivity index (χ4v) is 5.17. The molecule has 0 aliphatic carbocycles. The van der Waals surface area contributed by atoms with Crippen LogP contribution in [0.3, 0.4) is 0 Å². The molecule has 0 aromatic carbocycles. The highest BCUT2D eigenvalue weighted by molar-refractivity contribution is 5.76. The standard InChI is InChI=1S/C29H54N2O14/c1-17(31-21(35)9-3-5-11-42-28-26(40)24(38)22(36)19(15-33)44-28)7-2-4-10-30-13-18(14-32)8-6-12-43-29-27(41)25(39)23(37)20(16-34)45-29/h14,17-20,22-30,33-34,36-41H,2-13,15-16H2,1H3,(H,31,35)/t17-,18?,19?,20?,22?,23?,24?,25?,26?,27?,28?,29?/m0/s1. The number of aliphatic hydroxyl groups is 8. The van der Waals surface area contributed by atoms with Gasteiger partial charge < -0.3 is 75.2 Å². The van der Waals surface area contributed by atoms with Gasteiger partial charge in [-0.1, -0.05) is 6.42 Å². The third-order valence-corrected chi connectivity index (χ3v) is 8.03. The van der Waals surface area contributed by atoms with Gasteiger partial charge >= 0.3 is 0 Å². The average molecular weight is 655 g/mol. The van der Waals surface area contributed by atoms with Crippen molar-refractivity contribution in [3.05, 3.63) is 0 Å². The summed E-state index contributed by atoms with van der Waals surface area (Å²) in [6, 6.07) is -0.00529. The normalized spacial score (nSPS) is 33.4. The van der Waals surface area contributed by atoms with Gasteiger partial charge in [0.05, 0.1) is 13.2 Å². The number of hydrogen-bond acceptors (Lipinski definition) is 15. The largest absolute Gasteiger partial charge is 0.394 e. The minimum absolute atomic E-state index is 0.00529. The van der Waals surface area contributed by atoms with Crippen LogP contribution in [-0.2, 0) is 28.5 Å². The molecule has 2 aliphatic heterocycles. The number of hydrogen-bond donors (Lipinski definition) is 10. The summed E-state index contributed by atoms with van der Waals surface area (Å²) in [6.45, 7) is 2.40. The Bertz CT molecular complexity index is 824. The molecular weight excluding hydrogens is 600 g/mol. The summed E-state index contributed by atoms with van der Waals surface area (Å²) in [5, 5.41) is 83.9. The molecule has 0 bridgehead atoms. The first-order chi connectivity index (χ1) is 21.5. The fraction of sp³-hybridized carbons (Fsp3) is 0.931. The van der Waals surface area contributed by atoms with Crippen molar-refractivity contribution in [1.82, 2.24) is 10.6 Å². The lowest BCUT2D eigenvalue weighted by Gasteiger charge is -2.39. The Hall–Kier alpha value is -1.38. The van der Waals surface area contributed by atoms with Gasteiger partial charge in [0.1, 0.15) is 55.1 Å². The van der Waals surface area contributed by atoms with Crippen molar-refractivity contribution in [2.75, 3.05) is 39.5 Å². The lowest BCUT2D eigenvalue weighted by molar-refractivity contribution is -0.301. The van der Waals surface area contributed by atoms with E-state index in [4.69, 9.17) is 18.9 Å². The van der Waals surface area contributed by atoms with Crippen molar-refractivity contribution in [1.29, 1.82) is 0 Å². The van der Waals surface area contributed by atoms with E-state index in [1.54, 1.807) is 0 Å². The third-order valence-electron chi connectivity index (χ3n) is 8.03. The number of amides is 1. The molecule has 2 heterocycles. The Morgan fingerprint density at radius 3 is 1.84 bits per heavy atom. The lowest BCUT2D eigenvalue weighted by atomic mass is 9.99. The smallest absolute Gasteiger partial charge is 0.220 e. The topological polar surface area (TPSA) is 257 Å². The maximum atomic E-state index is 12.2. The molecule has 12 atom stereocenters. The number of aliphatic hydroxyl groups excluding tert-OH is 8. The van der Waals surface area contributed by atoms with E-state index < -0.39 is 74.6 Å². The van der Waals surface area contributed by atoms with Crippen LogP contribution in [0.4, 0.5) is 0 Å². The summed E-state index contributed by atoms with van der Waals surface area (Å²) in [4.78, 5) is 23.7. The van der Waals surface area contributed by atoms with Gasteiger partial charge in [-0.3, -0.25) is 4.79 Å². The summed E-state index contributed by atoms with van der Waals surface area (Å²) in [5.74, 6) is -0.318. The molecule has 11 unspecified atom stereocenters. The summed E-state index contributed by atoms with van der Waals surface area (Å²) >= 11 is 0. The van der Waals surface area contributed by atoms with Crippen molar-refractivity contribution in [3.63, 3.8) is 0 Å². The number of unbranched alkanes of at least 4 members (excludes halogenated alkanes) is 2. The van der Waals surface area contributed by atoms with Crippen molar-refractivity contribution >= 4 is 12.2 Å². The minimum atomic E-state index is -1.50.